The third-order valence-electron chi connectivity index (χ3n) is 4.07. The number of thioether (sulfide) groups is 1. The molecule has 0 saturated heterocycles. The molecule has 2 N–H and O–H groups in total. The number of aromatic nitrogens is 2. The Morgan fingerprint density at radius 2 is 1.77 bits per heavy atom. The molecule has 1 aromatic heterocycles. The van der Waals surface area contributed by atoms with Crippen molar-refractivity contribution in [1.82, 2.24) is 10.2 Å². The zero-order valence-electron chi connectivity index (χ0n) is 15.5. The quantitative estimate of drug-likeness (QED) is 0.304. The van der Waals surface area contributed by atoms with Crippen LogP contribution in [0.1, 0.15) is 10.4 Å². The van der Waals surface area contributed by atoms with Crippen LogP contribution in [0.5, 0.6) is 0 Å². The van der Waals surface area contributed by atoms with Gasteiger partial charge in [0.15, 0.2) is 4.34 Å². The fourth-order valence-corrected chi connectivity index (χ4v) is 4.45. The number of fused-ring (bicyclic) bond motifs is 1. The maximum Gasteiger partial charge on any atom is 0.257 e. The van der Waals surface area contributed by atoms with Gasteiger partial charge in [-0.15, -0.1) is 10.2 Å². The maximum absolute atomic E-state index is 12.5. The highest BCUT2D eigenvalue weighted by atomic mass is 35.5. The van der Waals surface area contributed by atoms with Crippen molar-refractivity contribution in [3.05, 3.63) is 77.3 Å². The van der Waals surface area contributed by atoms with E-state index in [0.29, 0.717) is 25.7 Å². The van der Waals surface area contributed by atoms with Gasteiger partial charge in [-0.25, -0.2) is 0 Å². The number of hydrogen-bond donors (Lipinski definition) is 2. The molecule has 1 heterocycles. The van der Waals surface area contributed by atoms with E-state index in [2.05, 4.69) is 20.8 Å². The van der Waals surface area contributed by atoms with Gasteiger partial charge in [0.05, 0.1) is 5.75 Å². The molecule has 0 fully saturated rings. The van der Waals surface area contributed by atoms with Gasteiger partial charge in [-0.2, -0.15) is 0 Å². The Kier molecular flexibility index (Phi) is 6.27. The van der Waals surface area contributed by atoms with E-state index in [-0.39, 0.29) is 17.6 Å². The molecule has 0 saturated carbocycles. The van der Waals surface area contributed by atoms with Crippen molar-refractivity contribution in [2.75, 3.05) is 16.4 Å². The normalized spacial score (nSPS) is 10.7. The molecule has 4 aromatic rings. The van der Waals surface area contributed by atoms with Gasteiger partial charge >= 0.3 is 0 Å². The van der Waals surface area contributed by atoms with Crippen molar-refractivity contribution in [3.63, 3.8) is 0 Å². The van der Waals surface area contributed by atoms with Crippen LogP contribution in [0.3, 0.4) is 0 Å². The lowest BCUT2D eigenvalue weighted by molar-refractivity contribution is -0.113. The van der Waals surface area contributed by atoms with E-state index in [1.54, 1.807) is 30.3 Å². The van der Waals surface area contributed by atoms with Crippen LogP contribution in [0.4, 0.5) is 10.8 Å². The Labute approximate surface area is 185 Å². The lowest BCUT2D eigenvalue weighted by Gasteiger charge is -2.04. The number of carbonyl (C=O) groups is 2. The van der Waals surface area contributed by atoms with E-state index in [9.17, 15) is 9.59 Å². The molecule has 3 aromatic carbocycles. The number of nitrogens with zero attached hydrogens (tertiary/aromatic N) is 2. The molecular weight excluding hydrogens is 440 g/mol. The SMILES string of the molecule is O=C(CSc1nnc(NC(=O)c2ccc3ccccc3c2)s1)Nc1cccc(Cl)c1. The number of rotatable bonds is 6. The van der Waals surface area contributed by atoms with Gasteiger partial charge < -0.3 is 5.32 Å². The van der Waals surface area contributed by atoms with Gasteiger partial charge in [0.2, 0.25) is 11.0 Å². The van der Waals surface area contributed by atoms with E-state index < -0.39 is 0 Å². The number of halogens is 1. The average molecular weight is 455 g/mol. The molecule has 150 valence electrons. The van der Waals surface area contributed by atoms with E-state index in [1.165, 1.54) is 23.1 Å². The largest absolute Gasteiger partial charge is 0.325 e. The Balaban J connectivity index is 1.33. The van der Waals surface area contributed by atoms with Gasteiger partial charge in [-0.3, -0.25) is 14.9 Å². The van der Waals surface area contributed by atoms with Crippen LogP contribution in [0.2, 0.25) is 5.02 Å². The molecule has 9 heteroatoms. The minimum Gasteiger partial charge on any atom is -0.325 e. The molecule has 0 unspecified atom stereocenters. The molecule has 2 amide bonds. The molecule has 0 aliphatic carbocycles. The summed E-state index contributed by atoms with van der Waals surface area (Å²) in [5.74, 6) is -0.272. The van der Waals surface area contributed by atoms with Crippen molar-refractivity contribution in [2.45, 2.75) is 4.34 Å². The third kappa shape index (κ3) is 5.15. The van der Waals surface area contributed by atoms with Crippen LogP contribution < -0.4 is 10.6 Å². The van der Waals surface area contributed by atoms with Crippen LogP contribution in [0, 0.1) is 0 Å². The van der Waals surface area contributed by atoms with Gasteiger partial charge in [0.25, 0.3) is 5.91 Å². The number of benzene rings is 3. The summed E-state index contributed by atoms with van der Waals surface area (Å²) in [5, 5.41) is 16.5. The summed E-state index contributed by atoms with van der Waals surface area (Å²) >= 11 is 8.37. The minimum atomic E-state index is -0.257. The molecular formula is C21H15ClN4O2S2. The number of nitrogens with one attached hydrogen (secondary N) is 2. The van der Waals surface area contributed by atoms with Crippen LogP contribution in [-0.2, 0) is 4.79 Å². The fraction of sp³-hybridized carbons (Fsp3) is 0.0476. The molecule has 6 nitrogen and oxygen atoms in total. The van der Waals surface area contributed by atoms with Crippen LogP contribution in [0.25, 0.3) is 10.8 Å². The Bertz CT molecular complexity index is 1230. The predicted octanol–water partition coefficient (Wildman–Crippen LogP) is 5.33. The zero-order chi connectivity index (χ0) is 20.9. The maximum atomic E-state index is 12.5. The van der Waals surface area contributed by atoms with Gasteiger partial charge in [0, 0.05) is 16.3 Å². The first-order chi connectivity index (χ1) is 14.6. The molecule has 30 heavy (non-hydrogen) atoms. The molecule has 0 aliphatic rings. The van der Waals surface area contributed by atoms with Crippen molar-refractivity contribution in [2.24, 2.45) is 0 Å². The van der Waals surface area contributed by atoms with Crippen LogP contribution in [0.15, 0.2) is 71.1 Å². The van der Waals surface area contributed by atoms with E-state index >= 15 is 0 Å². The molecule has 0 atom stereocenters. The van der Waals surface area contributed by atoms with E-state index in [1.807, 2.05) is 36.4 Å². The van der Waals surface area contributed by atoms with Gasteiger partial charge in [0.1, 0.15) is 0 Å². The summed E-state index contributed by atoms with van der Waals surface area (Å²) in [5.41, 5.74) is 1.17. The molecule has 4 rings (SSSR count). The molecule has 0 bridgehead atoms. The Morgan fingerprint density at radius 1 is 0.933 bits per heavy atom. The van der Waals surface area contributed by atoms with Crippen molar-refractivity contribution >= 4 is 68.1 Å². The highest BCUT2D eigenvalue weighted by Gasteiger charge is 2.12. The topological polar surface area (TPSA) is 84.0 Å². The number of carbonyl (C=O) groups excluding carboxylic acids is 2. The summed E-state index contributed by atoms with van der Waals surface area (Å²) in [6, 6.07) is 20.3. The van der Waals surface area contributed by atoms with Crippen molar-refractivity contribution in [1.29, 1.82) is 0 Å². The summed E-state index contributed by atoms with van der Waals surface area (Å²) in [6.07, 6.45) is 0. The summed E-state index contributed by atoms with van der Waals surface area (Å²) in [4.78, 5) is 24.6. The first kappa shape index (κ1) is 20.3. The second-order valence-electron chi connectivity index (χ2n) is 6.24. The Hall–Kier alpha value is -2.94. The van der Waals surface area contributed by atoms with Gasteiger partial charge in [-0.05, 0) is 41.1 Å². The average Bonchev–Trinajstić information content (AvgIpc) is 3.19. The number of amides is 2. The summed E-state index contributed by atoms with van der Waals surface area (Å²) in [7, 11) is 0. The monoisotopic (exact) mass is 454 g/mol. The first-order valence-electron chi connectivity index (χ1n) is 8.89. The summed E-state index contributed by atoms with van der Waals surface area (Å²) < 4.78 is 0.588. The zero-order valence-corrected chi connectivity index (χ0v) is 17.9. The van der Waals surface area contributed by atoms with Crippen LogP contribution in [-0.4, -0.2) is 27.8 Å². The second-order valence-corrected chi connectivity index (χ2v) is 8.87. The third-order valence-corrected chi connectivity index (χ3v) is 6.28. The van der Waals surface area contributed by atoms with Crippen molar-refractivity contribution in [3.8, 4) is 0 Å². The molecule has 0 spiro atoms. The Morgan fingerprint density at radius 3 is 2.60 bits per heavy atom. The summed E-state index contributed by atoms with van der Waals surface area (Å²) in [6.45, 7) is 0. The van der Waals surface area contributed by atoms with Crippen molar-refractivity contribution < 1.29 is 9.59 Å². The number of anilines is 2. The highest BCUT2D eigenvalue weighted by Crippen LogP contribution is 2.26. The molecule has 0 radical (unpaired) electrons. The lowest BCUT2D eigenvalue weighted by atomic mass is 10.1. The van der Waals surface area contributed by atoms with E-state index in [4.69, 9.17) is 11.6 Å². The predicted molar refractivity (Wildman–Crippen MR) is 123 cm³/mol. The van der Waals surface area contributed by atoms with Gasteiger partial charge in [-0.1, -0.05) is 71.1 Å². The fourth-order valence-electron chi connectivity index (χ4n) is 2.71. The lowest BCUT2D eigenvalue weighted by Crippen LogP contribution is -2.13. The number of hydrogen-bond acceptors (Lipinski definition) is 6. The van der Waals surface area contributed by atoms with Crippen LogP contribution >= 0.6 is 34.7 Å². The smallest absolute Gasteiger partial charge is 0.257 e. The minimum absolute atomic E-state index is 0.166. The highest BCUT2D eigenvalue weighted by molar-refractivity contribution is 8.01. The van der Waals surface area contributed by atoms with E-state index in [0.717, 1.165) is 10.8 Å². The molecule has 0 aliphatic heterocycles. The second kappa shape index (κ2) is 9.25. The first-order valence-corrected chi connectivity index (χ1v) is 11.1. The standard InChI is InChI=1S/C21H15ClN4O2S2/c22-16-6-3-7-17(11-16)23-18(27)12-29-21-26-25-20(30-21)24-19(28)15-9-8-13-4-1-2-5-14(13)10-15/h1-11H,12H2,(H,23,27)(H,24,25,28).